The number of ether oxygens (including phenoxy) is 3. The van der Waals surface area contributed by atoms with Crippen LogP contribution in [0, 0.1) is 0 Å². The Morgan fingerprint density at radius 3 is 3.11 bits per heavy atom. The summed E-state index contributed by atoms with van der Waals surface area (Å²) in [6.07, 6.45) is 2.67. The normalized spacial score (nSPS) is 18.8. The van der Waals surface area contributed by atoms with Gasteiger partial charge in [0.2, 0.25) is 0 Å². The Hall–Kier alpha value is -1.26. The summed E-state index contributed by atoms with van der Waals surface area (Å²) in [6.45, 7) is 2.94. The van der Waals surface area contributed by atoms with Gasteiger partial charge in [0.1, 0.15) is 12.4 Å². The van der Waals surface area contributed by atoms with E-state index in [1.807, 2.05) is 24.3 Å². The average molecular weight is 251 g/mol. The molecule has 0 aliphatic carbocycles. The van der Waals surface area contributed by atoms with Crippen LogP contribution >= 0.6 is 0 Å². The second-order valence-electron chi connectivity index (χ2n) is 4.39. The van der Waals surface area contributed by atoms with Gasteiger partial charge in [0.25, 0.3) is 0 Å². The third-order valence-corrected chi connectivity index (χ3v) is 2.95. The predicted octanol–water partition coefficient (Wildman–Crippen LogP) is 2.30. The van der Waals surface area contributed by atoms with E-state index in [0.29, 0.717) is 19.3 Å². The molecule has 0 aromatic heterocycles. The molecule has 4 heteroatoms. The first-order valence-corrected chi connectivity index (χ1v) is 6.46. The minimum absolute atomic E-state index is 0.350. The highest BCUT2D eigenvalue weighted by Crippen LogP contribution is 2.18. The fraction of sp³-hybridized carbons (Fsp3) is 0.571. The lowest BCUT2D eigenvalue weighted by atomic mass is 10.2. The molecular formula is C14H21NO3. The summed E-state index contributed by atoms with van der Waals surface area (Å²) in [6, 6.07) is 7.98. The maximum Gasteiger partial charge on any atom is 0.121 e. The van der Waals surface area contributed by atoms with Crippen LogP contribution in [-0.2, 0) is 9.47 Å². The van der Waals surface area contributed by atoms with E-state index in [9.17, 15) is 0 Å². The third kappa shape index (κ3) is 4.20. The zero-order valence-electron chi connectivity index (χ0n) is 10.9. The molecule has 18 heavy (non-hydrogen) atoms. The molecule has 0 bridgehead atoms. The van der Waals surface area contributed by atoms with Crippen LogP contribution in [0.5, 0.6) is 5.75 Å². The molecule has 0 spiro atoms. The topological polar surface area (TPSA) is 39.7 Å². The van der Waals surface area contributed by atoms with Crippen molar-refractivity contribution in [3.63, 3.8) is 0 Å². The number of hydrogen-bond donors (Lipinski definition) is 1. The number of anilines is 1. The molecule has 1 unspecified atom stereocenters. The van der Waals surface area contributed by atoms with E-state index in [0.717, 1.165) is 31.0 Å². The average Bonchev–Trinajstić information content (AvgIpc) is 2.90. The van der Waals surface area contributed by atoms with Crippen molar-refractivity contribution in [1.82, 2.24) is 0 Å². The lowest BCUT2D eigenvalue weighted by Crippen LogP contribution is -2.18. The van der Waals surface area contributed by atoms with Gasteiger partial charge in [-0.25, -0.2) is 0 Å². The standard InChI is InChI=1S/C14H21NO3/c1-16-8-9-18-13-5-2-4-12(10-13)15-11-14-6-3-7-17-14/h2,4-5,10,14-15H,3,6-9,11H2,1H3. The summed E-state index contributed by atoms with van der Waals surface area (Å²) in [5.41, 5.74) is 1.07. The number of methoxy groups -OCH3 is 1. The zero-order valence-corrected chi connectivity index (χ0v) is 10.9. The molecule has 0 amide bonds. The number of rotatable bonds is 7. The molecule has 1 atom stereocenters. The molecule has 1 aliphatic rings. The molecule has 1 aromatic carbocycles. The maximum atomic E-state index is 5.57. The van der Waals surface area contributed by atoms with Gasteiger partial charge >= 0.3 is 0 Å². The number of nitrogens with one attached hydrogen (secondary N) is 1. The highest BCUT2D eigenvalue weighted by Gasteiger charge is 2.14. The fourth-order valence-corrected chi connectivity index (χ4v) is 1.98. The van der Waals surface area contributed by atoms with E-state index in [-0.39, 0.29) is 0 Å². The lowest BCUT2D eigenvalue weighted by Gasteiger charge is -2.13. The first kappa shape index (κ1) is 13.2. The van der Waals surface area contributed by atoms with E-state index in [2.05, 4.69) is 5.32 Å². The molecule has 2 rings (SSSR count). The Labute approximate surface area is 108 Å². The molecule has 1 fully saturated rings. The quantitative estimate of drug-likeness (QED) is 0.755. The van der Waals surface area contributed by atoms with Crippen molar-refractivity contribution in [1.29, 1.82) is 0 Å². The molecule has 0 saturated carbocycles. The van der Waals surface area contributed by atoms with Crippen LogP contribution in [0.1, 0.15) is 12.8 Å². The van der Waals surface area contributed by atoms with Crippen molar-refractivity contribution in [2.75, 3.05) is 38.8 Å². The van der Waals surface area contributed by atoms with Gasteiger partial charge in [-0.15, -0.1) is 0 Å². The van der Waals surface area contributed by atoms with Crippen LogP contribution in [0.25, 0.3) is 0 Å². The largest absolute Gasteiger partial charge is 0.491 e. The number of benzene rings is 1. The van der Waals surface area contributed by atoms with Crippen molar-refractivity contribution < 1.29 is 14.2 Å². The Morgan fingerprint density at radius 1 is 1.39 bits per heavy atom. The highest BCUT2D eigenvalue weighted by atomic mass is 16.5. The fourth-order valence-electron chi connectivity index (χ4n) is 1.98. The summed E-state index contributed by atoms with van der Waals surface area (Å²) in [5, 5.41) is 3.38. The van der Waals surface area contributed by atoms with Crippen molar-refractivity contribution in [2.24, 2.45) is 0 Å². The van der Waals surface area contributed by atoms with Gasteiger partial charge in [0.05, 0.1) is 12.7 Å². The minimum Gasteiger partial charge on any atom is -0.491 e. The predicted molar refractivity (Wildman–Crippen MR) is 71.3 cm³/mol. The van der Waals surface area contributed by atoms with Crippen LogP contribution in [0.15, 0.2) is 24.3 Å². The van der Waals surface area contributed by atoms with E-state index in [1.165, 1.54) is 6.42 Å². The van der Waals surface area contributed by atoms with Gasteiger partial charge in [-0.1, -0.05) is 6.07 Å². The van der Waals surface area contributed by atoms with Crippen LogP contribution in [0.4, 0.5) is 5.69 Å². The minimum atomic E-state index is 0.350. The molecule has 0 radical (unpaired) electrons. The summed E-state index contributed by atoms with van der Waals surface area (Å²) >= 11 is 0. The van der Waals surface area contributed by atoms with Gasteiger partial charge in [0.15, 0.2) is 0 Å². The van der Waals surface area contributed by atoms with Crippen molar-refractivity contribution in [2.45, 2.75) is 18.9 Å². The first-order chi connectivity index (χ1) is 8.88. The van der Waals surface area contributed by atoms with Gasteiger partial charge < -0.3 is 19.5 Å². The van der Waals surface area contributed by atoms with Crippen molar-refractivity contribution in [3.8, 4) is 5.75 Å². The Morgan fingerprint density at radius 2 is 2.33 bits per heavy atom. The van der Waals surface area contributed by atoms with Gasteiger partial charge in [-0.05, 0) is 25.0 Å². The maximum absolute atomic E-state index is 5.57. The lowest BCUT2D eigenvalue weighted by molar-refractivity contribution is 0.120. The van der Waals surface area contributed by atoms with Gasteiger partial charge in [0, 0.05) is 32.0 Å². The van der Waals surface area contributed by atoms with Crippen LogP contribution in [-0.4, -0.2) is 39.6 Å². The Kier molecular flexibility index (Phi) is 5.30. The number of hydrogen-bond acceptors (Lipinski definition) is 4. The Bertz CT molecular complexity index is 351. The smallest absolute Gasteiger partial charge is 0.121 e. The van der Waals surface area contributed by atoms with Crippen LogP contribution in [0.2, 0.25) is 0 Å². The van der Waals surface area contributed by atoms with E-state index in [1.54, 1.807) is 7.11 Å². The summed E-state index contributed by atoms with van der Waals surface area (Å²) in [5.74, 6) is 0.865. The summed E-state index contributed by atoms with van der Waals surface area (Å²) < 4.78 is 16.1. The van der Waals surface area contributed by atoms with Crippen LogP contribution in [0.3, 0.4) is 0 Å². The van der Waals surface area contributed by atoms with Crippen molar-refractivity contribution >= 4 is 5.69 Å². The van der Waals surface area contributed by atoms with E-state index in [4.69, 9.17) is 14.2 Å². The van der Waals surface area contributed by atoms with Gasteiger partial charge in [-0.2, -0.15) is 0 Å². The molecule has 100 valence electrons. The first-order valence-electron chi connectivity index (χ1n) is 6.46. The molecule has 1 saturated heterocycles. The monoisotopic (exact) mass is 251 g/mol. The molecule has 1 heterocycles. The SMILES string of the molecule is COCCOc1cccc(NCC2CCCO2)c1. The Balaban J connectivity index is 1.78. The van der Waals surface area contributed by atoms with E-state index >= 15 is 0 Å². The molecule has 4 nitrogen and oxygen atoms in total. The molecule has 1 aliphatic heterocycles. The van der Waals surface area contributed by atoms with Crippen molar-refractivity contribution in [3.05, 3.63) is 24.3 Å². The van der Waals surface area contributed by atoms with Crippen LogP contribution < -0.4 is 10.1 Å². The summed E-state index contributed by atoms with van der Waals surface area (Å²) in [4.78, 5) is 0. The third-order valence-electron chi connectivity index (χ3n) is 2.95. The van der Waals surface area contributed by atoms with E-state index < -0.39 is 0 Å². The summed E-state index contributed by atoms with van der Waals surface area (Å²) in [7, 11) is 1.67. The second kappa shape index (κ2) is 7.24. The molecular weight excluding hydrogens is 230 g/mol. The zero-order chi connectivity index (χ0) is 12.6. The van der Waals surface area contributed by atoms with Gasteiger partial charge in [-0.3, -0.25) is 0 Å². The second-order valence-corrected chi connectivity index (χ2v) is 4.39. The highest BCUT2D eigenvalue weighted by molar-refractivity contribution is 5.48. The molecule has 1 aromatic rings. The molecule has 1 N–H and O–H groups in total.